The van der Waals surface area contributed by atoms with Gasteiger partial charge in [-0.2, -0.15) is 5.10 Å². The van der Waals surface area contributed by atoms with Crippen molar-refractivity contribution in [2.45, 2.75) is 27.2 Å². The lowest BCUT2D eigenvalue weighted by Crippen LogP contribution is -1.99. The summed E-state index contributed by atoms with van der Waals surface area (Å²) in [6.45, 7) is 6.02. The highest BCUT2D eigenvalue weighted by Gasteiger charge is 2.07. The number of nitrogens with one attached hydrogen (secondary N) is 2. The van der Waals surface area contributed by atoms with Crippen molar-refractivity contribution in [1.82, 2.24) is 15.2 Å². The highest BCUT2D eigenvalue weighted by molar-refractivity contribution is 6.30. The van der Waals surface area contributed by atoms with Crippen molar-refractivity contribution in [2.24, 2.45) is 0 Å². The van der Waals surface area contributed by atoms with Gasteiger partial charge in [-0.15, -0.1) is 0 Å². The molecule has 2 aromatic rings. The third-order valence-electron chi connectivity index (χ3n) is 2.57. The van der Waals surface area contributed by atoms with Gasteiger partial charge < -0.3 is 5.32 Å². The molecule has 0 bridgehead atoms. The molecule has 2 heterocycles. The Bertz CT molecular complexity index is 533. The summed E-state index contributed by atoms with van der Waals surface area (Å²) in [6, 6.07) is 3.97. The molecule has 0 atom stereocenters. The van der Waals surface area contributed by atoms with Gasteiger partial charge in [0.25, 0.3) is 0 Å². The zero-order valence-corrected chi connectivity index (χ0v) is 10.9. The molecule has 2 N–H and O–H groups in total. The zero-order valence-electron chi connectivity index (χ0n) is 10.1. The van der Waals surface area contributed by atoms with Crippen LogP contribution < -0.4 is 5.32 Å². The average Bonchev–Trinajstić information content (AvgIpc) is 2.69. The highest BCUT2D eigenvalue weighted by Crippen LogP contribution is 2.23. The van der Waals surface area contributed by atoms with Crippen LogP contribution in [0.15, 0.2) is 12.1 Å². The van der Waals surface area contributed by atoms with Gasteiger partial charge in [0.15, 0.2) is 5.82 Å². The smallest absolute Gasteiger partial charge is 0.153 e. The summed E-state index contributed by atoms with van der Waals surface area (Å²) < 4.78 is 0. The number of hydrogen-bond acceptors (Lipinski definition) is 3. The molecule has 0 aliphatic carbocycles. The molecule has 17 heavy (non-hydrogen) atoms. The van der Waals surface area contributed by atoms with Crippen LogP contribution in [0.1, 0.15) is 23.7 Å². The first kappa shape index (κ1) is 11.9. The molecule has 2 rings (SSSR count). The number of aromatic amines is 1. The van der Waals surface area contributed by atoms with Gasteiger partial charge in [0, 0.05) is 11.8 Å². The maximum absolute atomic E-state index is 6.09. The Balaban J connectivity index is 2.30. The molecule has 0 aromatic carbocycles. The summed E-state index contributed by atoms with van der Waals surface area (Å²) in [6.07, 6.45) is 0.883. The Morgan fingerprint density at radius 1 is 1.35 bits per heavy atom. The van der Waals surface area contributed by atoms with E-state index in [1.807, 2.05) is 19.9 Å². The first-order chi connectivity index (χ1) is 8.10. The fourth-order valence-corrected chi connectivity index (χ4v) is 1.90. The molecule has 0 fully saturated rings. The standard InChI is InChI=1S/C12H15ClN4/c1-4-9-5-7(2)12(15-11(9)13)14-10-6-8(3)16-17-10/h5-6H,4H2,1-3H3,(H2,14,15,16,17). The minimum absolute atomic E-state index is 0.549. The second-order valence-corrected chi connectivity index (χ2v) is 4.38. The summed E-state index contributed by atoms with van der Waals surface area (Å²) in [5.41, 5.74) is 3.13. The topological polar surface area (TPSA) is 53.6 Å². The minimum atomic E-state index is 0.549. The number of aryl methyl sites for hydroxylation is 3. The third kappa shape index (κ3) is 2.58. The van der Waals surface area contributed by atoms with Gasteiger partial charge in [-0.05, 0) is 37.5 Å². The molecular weight excluding hydrogens is 236 g/mol. The van der Waals surface area contributed by atoms with E-state index in [2.05, 4.69) is 33.5 Å². The van der Waals surface area contributed by atoms with Crippen molar-refractivity contribution in [3.05, 3.63) is 34.1 Å². The SMILES string of the molecule is CCc1cc(C)c(Nc2cc(C)[nH]n2)nc1Cl. The Hall–Kier alpha value is -1.55. The lowest BCUT2D eigenvalue weighted by Gasteiger charge is -2.09. The number of halogens is 1. The largest absolute Gasteiger partial charge is 0.323 e. The van der Waals surface area contributed by atoms with Crippen LogP contribution >= 0.6 is 11.6 Å². The fraction of sp³-hybridized carbons (Fsp3) is 0.333. The van der Waals surface area contributed by atoms with Crippen LogP contribution in [0, 0.1) is 13.8 Å². The maximum Gasteiger partial charge on any atom is 0.153 e. The van der Waals surface area contributed by atoms with Gasteiger partial charge >= 0.3 is 0 Å². The van der Waals surface area contributed by atoms with Crippen molar-refractivity contribution in [3.8, 4) is 0 Å². The molecule has 0 aliphatic heterocycles. The van der Waals surface area contributed by atoms with Crippen molar-refractivity contribution >= 4 is 23.2 Å². The monoisotopic (exact) mass is 250 g/mol. The average molecular weight is 251 g/mol. The lowest BCUT2D eigenvalue weighted by molar-refractivity contribution is 1.04. The molecule has 90 valence electrons. The number of aromatic nitrogens is 3. The van der Waals surface area contributed by atoms with E-state index in [-0.39, 0.29) is 0 Å². The predicted molar refractivity (Wildman–Crippen MR) is 70.0 cm³/mol. The van der Waals surface area contributed by atoms with Gasteiger partial charge in [-0.3, -0.25) is 5.10 Å². The van der Waals surface area contributed by atoms with E-state index >= 15 is 0 Å². The molecule has 5 heteroatoms. The molecule has 0 unspecified atom stereocenters. The zero-order chi connectivity index (χ0) is 12.4. The van der Waals surface area contributed by atoms with Crippen molar-refractivity contribution in [2.75, 3.05) is 5.32 Å². The van der Waals surface area contributed by atoms with Crippen LogP contribution in [0.3, 0.4) is 0 Å². The molecular formula is C12H15ClN4. The van der Waals surface area contributed by atoms with Gasteiger partial charge in [-0.25, -0.2) is 4.98 Å². The number of hydrogen-bond donors (Lipinski definition) is 2. The van der Waals surface area contributed by atoms with E-state index < -0.39 is 0 Å². The fourth-order valence-electron chi connectivity index (χ4n) is 1.63. The molecule has 0 saturated heterocycles. The number of anilines is 2. The highest BCUT2D eigenvalue weighted by atomic mass is 35.5. The first-order valence-electron chi connectivity index (χ1n) is 5.55. The van der Waals surface area contributed by atoms with Crippen molar-refractivity contribution < 1.29 is 0 Å². The van der Waals surface area contributed by atoms with E-state index in [1.54, 1.807) is 0 Å². The molecule has 0 spiro atoms. The van der Waals surface area contributed by atoms with Crippen LogP contribution in [0.25, 0.3) is 0 Å². The Morgan fingerprint density at radius 3 is 2.71 bits per heavy atom. The molecule has 0 radical (unpaired) electrons. The lowest BCUT2D eigenvalue weighted by atomic mass is 10.1. The number of nitrogens with zero attached hydrogens (tertiary/aromatic N) is 2. The van der Waals surface area contributed by atoms with Crippen molar-refractivity contribution in [1.29, 1.82) is 0 Å². The van der Waals surface area contributed by atoms with Gasteiger partial charge in [-0.1, -0.05) is 18.5 Å². The van der Waals surface area contributed by atoms with E-state index in [0.29, 0.717) is 5.15 Å². The first-order valence-corrected chi connectivity index (χ1v) is 5.93. The molecule has 0 aliphatic rings. The summed E-state index contributed by atoms with van der Waals surface area (Å²) in [7, 11) is 0. The molecule has 2 aromatic heterocycles. The summed E-state index contributed by atoms with van der Waals surface area (Å²) in [4.78, 5) is 4.35. The number of pyridine rings is 1. The minimum Gasteiger partial charge on any atom is -0.323 e. The summed E-state index contributed by atoms with van der Waals surface area (Å²) >= 11 is 6.09. The van der Waals surface area contributed by atoms with E-state index in [0.717, 1.165) is 34.9 Å². The van der Waals surface area contributed by atoms with Gasteiger partial charge in [0.1, 0.15) is 11.0 Å². The van der Waals surface area contributed by atoms with Crippen LogP contribution in [0.5, 0.6) is 0 Å². The summed E-state index contributed by atoms with van der Waals surface area (Å²) in [5.74, 6) is 1.50. The molecule has 4 nitrogen and oxygen atoms in total. The molecule has 0 amide bonds. The van der Waals surface area contributed by atoms with E-state index in [1.165, 1.54) is 0 Å². The second kappa shape index (κ2) is 4.75. The third-order valence-corrected chi connectivity index (χ3v) is 2.90. The quantitative estimate of drug-likeness (QED) is 0.821. The van der Waals surface area contributed by atoms with Crippen LogP contribution in [0.2, 0.25) is 5.15 Å². The van der Waals surface area contributed by atoms with E-state index in [9.17, 15) is 0 Å². The normalized spacial score (nSPS) is 10.6. The maximum atomic E-state index is 6.09. The predicted octanol–water partition coefficient (Wildman–Crippen LogP) is 3.38. The van der Waals surface area contributed by atoms with Gasteiger partial charge in [0.05, 0.1) is 0 Å². The second-order valence-electron chi connectivity index (χ2n) is 4.02. The summed E-state index contributed by atoms with van der Waals surface area (Å²) in [5, 5.41) is 10.7. The number of rotatable bonds is 3. The Labute approximate surface area is 105 Å². The van der Waals surface area contributed by atoms with Crippen molar-refractivity contribution in [3.63, 3.8) is 0 Å². The molecule has 0 saturated carbocycles. The van der Waals surface area contributed by atoms with E-state index in [4.69, 9.17) is 11.6 Å². The Morgan fingerprint density at radius 2 is 2.12 bits per heavy atom. The Kier molecular flexibility index (Phi) is 3.33. The number of H-pyrrole nitrogens is 1. The van der Waals surface area contributed by atoms with Crippen LogP contribution in [-0.4, -0.2) is 15.2 Å². The van der Waals surface area contributed by atoms with Gasteiger partial charge in [0.2, 0.25) is 0 Å². The van der Waals surface area contributed by atoms with Crippen LogP contribution in [0.4, 0.5) is 11.6 Å². The van der Waals surface area contributed by atoms with Crippen LogP contribution in [-0.2, 0) is 6.42 Å².